The number of hydrogen-bond donors (Lipinski definition) is 3. The summed E-state index contributed by atoms with van der Waals surface area (Å²) in [6.07, 6.45) is 1.61. The van der Waals surface area contributed by atoms with Gasteiger partial charge in [-0.3, -0.25) is 4.79 Å². The van der Waals surface area contributed by atoms with E-state index in [2.05, 4.69) is 26.0 Å². The summed E-state index contributed by atoms with van der Waals surface area (Å²) >= 11 is 1.15. The molecule has 0 spiro atoms. The summed E-state index contributed by atoms with van der Waals surface area (Å²) in [5.41, 5.74) is 4.24. The molecule has 1 heterocycles. The first-order valence-electron chi connectivity index (χ1n) is 10.5. The number of hydrogen-bond acceptors (Lipinski definition) is 9. The second-order valence-corrected chi connectivity index (χ2v) is 8.04. The maximum atomic E-state index is 12.2. The average Bonchev–Trinajstić information content (AvgIpc) is 3.23. The number of nitrogens with zero attached hydrogens (tertiary/aromatic N) is 4. The van der Waals surface area contributed by atoms with Gasteiger partial charge < -0.3 is 20.6 Å². The first-order valence-corrected chi connectivity index (χ1v) is 11.5. The second-order valence-electron chi connectivity index (χ2n) is 7.10. The van der Waals surface area contributed by atoms with Crippen LogP contribution in [0, 0.1) is 0 Å². The number of para-hydroxylation sites is 1. The molecule has 0 bridgehead atoms. The Morgan fingerprint density at radius 1 is 1.03 bits per heavy atom. The van der Waals surface area contributed by atoms with Gasteiger partial charge in [0, 0.05) is 5.69 Å². The Hall–Kier alpha value is -4.51. The Labute approximate surface area is 206 Å². The third-order valence-corrected chi connectivity index (χ3v) is 5.53. The van der Waals surface area contributed by atoms with E-state index in [1.54, 1.807) is 37.6 Å². The van der Waals surface area contributed by atoms with Crippen molar-refractivity contribution in [2.75, 3.05) is 29.4 Å². The molecule has 0 saturated carbocycles. The Kier molecular flexibility index (Phi) is 7.81. The number of thioether (sulfide) groups is 1. The van der Waals surface area contributed by atoms with Crippen LogP contribution in [-0.4, -0.2) is 39.9 Å². The van der Waals surface area contributed by atoms with Crippen LogP contribution in [0.1, 0.15) is 5.56 Å². The number of amides is 1. The molecule has 4 rings (SSSR count). The van der Waals surface area contributed by atoms with Crippen LogP contribution in [0.3, 0.4) is 0 Å². The van der Waals surface area contributed by atoms with Crippen molar-refractivity contribution >= 4 is 35.5 Å². The van der Waals surface area contributed by atoms with E-state index in [0.29, 0.717) is 22.3 Å². The van der Waals surface area contributed by atoms with Crippen molar-refractivity contribution in [2.45, 2.75) is 5.16 Å². The van der Waals surface area contributed by atoms with Gasteiger partial charge in [0.25, 0.3) is 5.95 Å². The number of carbonyl (C=O) groups is 1. The van der Waals surface area contributed by atoms with Gasteiger partial charge in [-0.2, -0.15) is 5.10 Å². The zero-order valence-corrected chi connectivity index (χ0v) is 19.6. The number of methoxy groups -OCH3 is 1. The van der Waals surface area contributed by atoms with Crippen LogP contribution in [0.2, 0.25) is 0 Å². The predicted molar refractivity (Wildman–Crippen MR) is 137 cm³/mol. The summed E-state index contributed by atoms with van der Waals surface area (Å²) in [6.45, 7) is 0. The first-order chi connectivity index (χ1) is 17.1. The topological polar surface area (TPSA) is 129 Å². The van der Waals surface area contributed by atoms with E-state index >= 15 is 0 Å². The quantitative estimate of drug-likeness (QED) is 0.132. The van der Waals surface area contributed by atoms with Crippen molar-refractivity contribution in [2.24, 2.45) is 5.10 Å². The third-order valence-electron chi connectivity index (χ3n) is 4.59. The van der Waals surface area contributed by atoms with E-state index in [1.807, 2.05) is 54.6 Å². The zero-order chi connectivity index (χ0) is 24.5. The van der Waals surface area contributed by atoms with Gasteiger partial charge >= 0.3 is 0 Å². The molecule has 4 N–H and O–H groups in total. The second kappa shape index (κ2) is 11.6. The molecule has 0 atom stereocenters. The van der Waals surface area contributed by atoms with Crippen molar-refractivity contribution in [3.05, 3.63) is 84.4 Å². The number of rotatable bonds is 10. The molecule has 0 unspecified atom stereocenters. The number of nitrogens with two attached hydrogens (primary N) is 1. The van der Waals surface area contributed by atoms with Gasteiger partial charge in [0.15, 0.2) is 0 Å². The number of anilines is 2. The molecule has 4 aromatic rings. The van der Waals surface area contributed by atoms with Crippen LogP contribution in [0.25, 0.3) is 0 Å². The summed E-state index contributed by atoms with van der Waals surface area (Å²) in [6, 6.07) is 24.1. The monoisotopic (exact) mass is 489 g/mol. The molecule has 0 fully saturated rings. The van der Waals surface area contributed by atoms with Crippen LogP contribution in [0.4, 0.5) is 11.6 Å². The van der Waals surface area contributed by atoms with Crippen LogP contribution in [0.15, 0.2) is 89.1 Å². The third kappa shape index (κ3) is 6.74. The minimum absolute atomic E-state index is 0.110. The molecule has 3 aromatic carbocycles. The van der Waals surface area contributed by atoms with E-state index < -0.39 is 0 Å². The number of ether oxygens (including phenoxy) is 2. The normalized spacial score (nSPS) is 10.8. The Bertz CT molecular complexity index is 1290. The smallest absolute Gasteiger partial charge is 0.264 e. The van der Waals surface area contributed by atoms with E-state index in [-0.39, 0.29) is 17.6 Å². The van der Waals surface area contributed by atoms with Gasteiger partial charge in [0.2, 0.25) is 11.1 Å². The van der Waals surface area contributed by atoms with Gasteiger partial charge in [0.1, 0.15) is 17.2 Å². The first kappa shape index (κ1) is 23.6. The molecule has 0 saturated heterocycles. The maximum Gasteiger partial charge on any atom is 0.264 e. The maximum absolute atomic E-state index is 12.2. The van der Waals surface area contributed by atoms with Gasteiger partial charge in [0.05, 0.1) is 19.1 Å². The van der Waals surface area contributed by atoms with Crippen molar-refractivity contribution in [3.8, 4) is 17.2 Å². The van der Waals surface area contributed by atoms with Crippen molar-refractivity contribution in [1.29, 1.82) is 0 Å². The number of aromatic nitrogens is 3. The SMILES string of the molecule is COc1ccc(NC(=O)CSc2nnc(N/N=C/c3cccc(Oc4ccccc4)c3)n2N)cc1. The van der Waals surface area contributed by atoms with Crippen molar-refractivity contribution in [1.82, 2.24) is 14.9 Å². The fraction of sp³-hybridized carbons (Fsp3) is 0.0833. The zero-order valence-electron chi connectivity index (χ0n) is 18.8. The molecule has 0 radical (unpaired) electrons. The Morgan fingerprint density at radius 3 is 2.57 bits per heavy atom. The van der Waals surface area contributed by atoms with Gasteiger partial charge in [-0.15, -0.1) is 10.2 Å². The molecule has 0 aliphatic carbocycles. The van der Waals surface area contributed by atoms with Crippen LogP contribution < -0.4 is 26.1 Å². The van der Waals surface area contributed by atoms with E-state index in [9.17, 15) is 4.79 Å². The molecule has 178 valence electrons. The number of hydrazone groups is 1. The highest BCUT2D eigenvalue weighted by Gasteiger charge is 2.12. The lowest BCUT2D eigenvalue weighted by Crippen LogP contribution is -2.16. The van der Waals surface area contributed by atoms with Gasteiger partial charge in [-0.05, 0) is 54.1 Å². The summed E-state index contributed by atoms with van der Waals surface area (Å²) in [7, 11) is 1.58. The predicted octanol–water partition coefficient (Wildman–Crippen LogP) is 3.97. The average molecular weight is 490 g/mol. The molecular formula is C24H23N7O3S. The minimum atomic E-state index is -0.201. The summed E-state index contributed by atoms with van der Waals surface area (Å²) in [4.78, 5) is 12.2. The highest BCUT2D eigenvalue weighted by molar-refractivity contribution is 7.99. The molecule has 1 aromatic heterocycles. The molecule has 0 aliphatic rings. The summed E-state index contributed by atoms with van der Waals surface area (Å²) < 4.78 is 12.2. The summed E-state index contributed by atoms with van der Waals surface area (Å²) in [5, 5.41) is 15.3. The van der Waals surface area contributed by atoms with Crippen molar-refractivity contribution in [3.63, 3.8) is 0 Å². The fourth-order valence-corrected chi connectivity index (χ4v) is 3.56. The number of nitrogens with one attached hydrogen (secondary N) is 2. The highest BCUT2D eigenvalue weighted by atomic mass is 32.2. The van der Waals surface area contributed by atoms with Gasteiger partial charge in [-0.1, -0.05) is 42.1 Å². The lowest BCUT2D eigenvalue weighted by atomic mass is 10.2. The number of benzene rings is 3. The number of nitrogen functional groups attached to an aromatic ring is 1. The molecule has 10 nitrogen and oxygen atoms in total. The molecule has 35 heavy (non-hydrogen) atoms. The minimum Gasteiger partial charge on any atom is -0.497 e. The Balaban J connectivity index is 1.28. The molecule has 11 heteroatoms. The van der Waals surface area contributed by atoms with Gasteiger partial charge in [-0.25, -0.2) is 10.1 Å². The fourth-order valence-electron chi connectivity index (χ4n) is 2.90. The molecule has 1 amide bonds. The largest absolute Gasteiger partial charge is 0.497 e. The molecule has 0 aliphatic heterocycles. The Morgan fingerprint density at radius 2 is 1.80 bits per heavy atom. The van der Waals surface area contributed by atoms with Crippen LogP contribution in [-0.2, 0) is 4.79 Å². The molecular weight excluding hydrogens is 466 g/mol. The van der Waals surface area contributed by atoms with Crippen LogP contribution >= 0.6 is 11.8 Å². The lowest BCUT2D eigenvalue weighted by Gasteiger charge is -2.06. The highest BCUT2D eigenvalue weighted by Crippen LogP contribution is 2.22. The van der Waals surface area contributed by atoms with E-state index in [1.165, 1.54) is 4.68 Å². The lowest BCUT2D eigenvalue weighted by molar-refractivity contribution is -0.113. The summed E-state index contributed by atoms with van der Waals surface area (Å²) in [5.74, 6) is 8.32. The van der Waals surface area contributed by atoms with E-state index in [4.69, 9.17) is 15.3 Å². The van der Waals surface area contributed by atoms with Crippen LogP contribution in [0.5, 0.6) is 17.2 Å². The van der Waals surface area contributed by atoms with Crippen molar-refractivity contribution < 1.29 is 14.3 Å². The van der Waals surface area contributed by atoms with E-state index in [0.717, 1.165) is 23.1 Å². The standard InChI is InChI=1S/C24H23N7O3S/c1-33-19-12-10-18(11-13-19)27-22(32)16-35-24-30-29-23(31(24)25)28-26-15-17-6-5-9-21(14-17)34-20-7-3-2-4-8-20/h2-15H,16,25H2,1H3,(H,27,32)(H,28,29)/b26-15+. The number of carbonyl (C=O) groups excluding carboxylic acids is 1.